The van der Waals surface area contributed by atoms with E-state index in [-0.39, 0.29) is 4.90 Å². The third kappa shape index (κ3) is 3.40. The van der Waals surface area contributed by atoms with Gasteiger partial charge in [0.05, 0.1) is 23.2 Å². The number of fused-ring (bicyclic) bond motifs is 1. The molecule has 0 saturated heterocycles. The zero-order valence-electron chi connectivity index (χ0n) is 12.2. The molecule has 1 heterocycles. The fourth-order valence-corrected chi connectivity index (χ4v) is 3.59. The molecule has 0 radical (unpaired) electrons. The topological polar surface area (TPSA) is 68.3 Å². The largest absolute Gasteiger partial charge is 0.497 e. The molecular formula is C16H13IN2O3S. The summed E-state index contributed by atoms with van der Waals surface area (Å²) in [5.74, 6) is 0.561. The van der Waals surface area contributed by atoms with E-state index in [1.807, 2.05) is 12.1 Å². The van der Waals surface area contributed by atoms with Crippen LogP contribution in [-0.2, 0) is 10.0 Å². The van der Waals surface area contributed by atoms with Crippen molar-refractivity contribution < 1.29 is 13.2 Å². The number of anilines is 1. The Balaban J connectivity index is 2.08. The number of hydrogen-bond donors (Lipinski definition) is 1. The highest BCUT2D eigenvalue weighted by Gasteiger charge is 2.16. The van der Waals surface area contributed by atoms with Crippen LogP contribution >= 0.6 is 22.6 Å². The van der Waals surface area contributed by atoms with Gasteiger partial charge in [-0.15, -0.1) is 0 Å². The molecule has 7 heteroatoms. The van der Waals surface area contributed by atoms with Crippen LogP contribution in [0.3, 0.4) is 0 Å². The van der Waals surface area contributed by atoms with Gasteiger partial charge in [-0.25, -0.2) is 8.42 Å². The lowest BCUT2D eigenvalue weighted by atomic mass is 10.2. The van der Waals surface area contributed by atoms with E-state index in [1.165, 1.54) is 7.11 Å². The Kier molecular flexibility index (Phi) is 4.40. The van der Waals surface area contributed by atoms with Crippen LogP contribution in [-0.4, -0.2) is 20.5 Å². The number of nitrogens with zero attached hydrogens (tertiary/aromatic N) is 1. The number of sulfonamides is 1. The highest BCUT2D eigenvalue weighted by Crippen LogP contribution is 2.29. The SMILES string of the molecule is COc1cc(NS(=O)(=O)c2ccc(I)cc2)c2ncccc2c1. The third-order valence-electron chi connectivity index (χ3n) is 3.28. The zero-order valence-corrected chi connectivity index (χ0v) is 15.1. The van der Waals surface area contributed by atoms with Gasteiger partial charge in [0.25, 0.3) is 10.0 Å². The minimum absolute atomic E-state index is 0.199. The predicted molar refractivity (Wildman–Crippen MR) is 98.3 cm³/mol. The summed E-state index contributed by atoms with van der Waals surface area (Å²) in [6.07, 6.45) is 1.62. The molecule has 0 saturated carbocycles. The molecule has 0 atom stereocenters. The molecule has 1 N–H and O–H groups in total. The van der Waals surface area contributed by atoms with Gasteiger partial charge in [0.2, 0.25) is 0 Å². The van der Waals surface area contributed by atoms with E-state index in [4.69, 9.17) is 4.74 Å². The van der Waals surface area contributed by atoms with Crippen LogP contribution in [0, 0.1) is 3.57 Å². The van der Waals surface area contributed by atoms with Gasteiger partial charge in [-0.3, -0.25) is 9.71 Å². The fraction of sp³-hybridized carbons (Fsp3) is 0.0625. The molecule has 0 bridgehead atoms. The van der Waals surface area contributed by atoms with Crippen LogP contribution in [0.4, 0.5) is 5.69 Å². The monoisotopic (exact) mass is 440 g/mol. The van der Waals surface area contributed by atoms with Crippen LogP contribution in [0.15, 0.2) is 59.6 Å². The zero-order chi connectivity index (χ0) is 16.4. The first kappa shape index (κ1) is 16.0. The molecule has 3 rings (SSSR count). The Morgan fingerprint density at radius 2 is 1.87 bits per heavy atom. The molecular weight excluding hydrogens is 427 g/mol. The molecule has 0 aliphatic carbocycles. The summed E-state index contributed by atoms with van der Waals surface area (Å²) in [4.78, 5) is 4.46. The van der Waals surface area contributed by atoms with Gasteiger partial charge in [-0.05, 0) is 59.0 Å². The molecule has 118 valence electrons. The van der Waals surface area contributed by atoms with Crippen molar-refractivity contribution in [1.29, 1.82) is 0 Å². The average molecular weight is 440 g/mol. The highest BCUT2D eigenvalue weighted by molar-refractivity contribution is 14.1. The maximum Gasteiger partial charge on any atom is 0.261 e. The van der Waals surface area contributed by atoms with E-state index >= 15 is 0 Å². The normalized spacial score (nSPS) is 11.4. The molecule has 0 aliphatic heterocycles. The highest BCUT2D eigenvalue weighted by atomic mass is 127. The number of ether oxygens (including phenoxy) is 1. The van der Waals surface area contributed by atoms with Gasteiger partial charge in [0.1, 0.15) is 5.75 Å². The lowest BCUT2D eigenvalue weighted by Crippen LogP contribution is -2.13. The Morgan fingerprint density at radius 3 is 2.57 bits per heavy atom. The van der Waals surface area contributed by atoms with Crippen molar-refractivity contribution in [2.45, 2.75) is 4.90 Å². The van der Waals surface area contributed by atoms with Crippen molar-refractivity contribution in [2.24, 2.45) is 0 Å². The maximum absolute atomic E-state index is 12.6. The number of pyridine rings is 1. The van der Waals surface area contributed by atoms with Gasteiger partial charge < -0.3 is 4.74 Å². The second-order valence-corrected chi connectivity index (χ2v) is 7.74. The average Bonchev–Trinajstić information content (AvgIpc) is 2.54. The molecule has 0 aliphatic rings. The van der Waals surface area contributed by atoms with Crippen LogP contribution in [0.25, 0.3) is 10.9 Å². The summed E-state index contributed by atoms with van der Waals surface area (Å²) < 4.78 is 34.0. The minimum atomic E-state index is -3.70. The van der Waals surface area contributed by atoms with Gasteiger partial charge >= 0.3 is 0 Å². The van der Waals surface area contributed by atoms with Crippen molar-refractivity contribution in [3.63, 3.8) is 0 Å². The molecule has 2 aromatic carbocycles. The van der Waals surface area contributed by atoms with Gasteiger partial charge in [-0.1, -0.05) is 6.07 Å². The van der Waals surface area contributed by atoms with E-state index in [9.17, 15) is 8.42 Å². The van der Waals surface area contributed by atoms with Crippen molar-refractivity contribution in [1.82, 2.24) is 4.98 Å². The van der Waals surface area contributed by atoms with E-state index < -0.39 is 10.0 Å². The summed E-state index contributed by atoms with van der Waals surface area (Å²) in [5, 5.41) is 0.798. The van der Waals surface area contributed by atoms with E-state index in [0.717, 1.165) is 8.96 Å². The van der Waals surface area contributed by atoms with E-state index in [2.05, 4.69) is 32.3 Å². The van der Waals surface area contributed by atoms with Crippen LogP contribution in [0.1, 0.15) is 0 Å². The summed E-state index contributed by atoms with van der Waals surface area (Å²) in [7, 11) is -2.16. The predicted octanol–water partition coefficient (Wildman–Crippen LogP) is 3.65. The lowest BCUT2D eigenvalue weighted by Gasteiger charge is -2.12. The molecule has 23 heavy (non-hydrogen) atoms. The van der Waals surface area contributed by atoms with Crippen LogP contribution in [0.5, 0.6) is 5.75 Å². The third-order valence-corrected chi connectivity index (χ3v) is 5.38. The summed E-state index contributed by atoms with van der Waals surface area (Å²) in [5.41, 5.74) is 0.959. The summed E-state index contributed by atoms with van der Waals surface area (Å²) in [6.45, 7) is 0. The second kappa shape index (κ2) is 6.32. The number of nitrogens with one attached hydrogen (secondary N) is 1. The van der Waals surface area contributed by atoms with Crippen LogP contribution < -0.4 is 9.46 Å². The summed E-state index contributed by atoms with van der Waals surface area (Å²) >= 11 is 2.13. The van der Waals surface area contributed by atoms with Crippen molar-refractivity contribution >= 4 is 49.2 Å². The number of halogens is 1. The Bertz CT molecular complexity index is 957. The van der Waals surface area contributed by atoms with Crippen molar-refractivity contribution in [2.75, 3.05) is 11.8 Å². The first-order chi connectivity index (χ1) is 11.0. The van der Waals surface area contributed by atoms with Gasteiger partial charge in [0, 0.05) is 21.2 Å². The van der Waals surface area contributed by atoms with E-state index in [0.29, 0.717) is 17.0 Å². The molecule has 0 fully saturated rings. The van der Waals surface area contributed by atoms with E-state index in [1.54, 1.807) is 42.6 Å². The molecule has 3 aromatic rings. The molecule has 0 amide bonds. The fourth-order valence-electron chi connectivity index (χ4n) is 2.18. The number of aromatic nitrogens is 1. The molecule has 0 spiro atoms. The molecule has 5 nitrogen and oxygen atoms in total. The molecule has 1 aromatic heterocycles. The number of hydrogen-bond acceptors (Lipinski definition) is 4. The lowest BCUT2D eigenvalue weighted by molar-refractivity contribution is 0.415. The maximum atomic E-state index is 12.6. The second-order valence-electron chi connectivity index (χ2n) is 4.81. The molecule has 0 unspecified atom stereocenters. The standard InChI is InChI=1S/C16H13IN2O3S/c1-22-13-9-11-3-2-8-18-16(11)15(10-13)19-23(20,21)14-6-4-12(17)5-7-14/h2-10,19H,1H3. The first-order valence-corrected chi connectivity index (χ1v) is 9.27. The van der Waals surface area contributed by atoms with Crippen molar-refractivity contribution in [3.8, 4) is 5.75 Å². The van der Waals surface area contributed by atoms with Gasteiger partial charge in [-0.2, -0.15) is 0 Å². The van der Waals surface area contributed by atoms with Gasteiger partial charge in [0.15, 0.2) is 0 Å². The Labute approximate surface area is 147 Å². The smallest absolute Gasteiger partial charge is 0.261 e. The van der Waals surface area contributed by atoms with Crippen molar-refractivity contribution in [3.05, 3.63) is 58.3 Å². The minimum Gasteiger partial charge on any atom is -0.497 e. The number of rotatable bonds is 4. The van der Waals surface area contributed by atoms with Crippen LogP contribution in [0.2, 0.25) is 0 Å². The quantitative estimate of drug-likeness (QED) is 0.630. The number of methoxy groups -OCH3 is 1. The summed E-state index contributed by atoms with van der Waals surface area (Å²) in [6, 6.07) is 13.7. The Hall–Kier alpha value is -1.87. The Morgan fingerprint density at radius 1 is 1.13 bits per heavy atom. The number of benzene rings is 2. The first-order valence-electron chi connectivity index (χ1n) is 6.71.